The molecule has 84 valence electrons. The molecular formula is C11H19N3O. The second-order valence-corrected chi connectivity index (χ2v) is 4.19. The average Bonchev–Trinajstić information content (AvgIpc) is 2.66. The number of hydrogen-bond donors (Lipinski definition) is 1. The number of hydrogen-bond acceptors (Lipinski definition) is 3. The van der Waals surface area contributed by atoms with Crippen LogP contribution in [0.5, 0.6) is 0 Å². The highest BCUT2D eigenvalue weighted by atomic mass is 16.5. The van der Waals surface area contributed by atoms with Crippen LogP contribution in [0.15, 0.2) is 18.7 Å². The van der Waals surface area contributed by atoms with Crippen molar-refractivity contribution in [3.8, 4) is 0 Å². The van der Waals surface area contributed by atoms with Crippen LogP contribution in [0.4, 0.5) is 0 Å². The van der Waals surface area contributed by atoms with Gasteiger partial charge in [-0.25, -0.2) is 4.98 Å². The molecule has 1 heterocycles. The Bertz CT molecular complexity index is 267. The molecule has 1 saturated carbocycles. The van der Waals surface area contributed by atoms with Gasteiger partial charge in [0, 0.05) is 18.9 Å². The van der Waals surface area contributed by atoms with Crippen LogP contribution in [-0.2, 0) is 11.3 Å². The van der Waals surface area contributed by atoms with Crippen LogP contribution in [0.3, 0.4) is 0 Å². The Morgan fingerprint density at radius 2 is 2.40 bits per heavy atom. The standard InChI is InChI=1S/C11H19N3O/c1-12-8-10-6-11(7-10)15-5-4-14-3-2-13-9-14/h2-3,9-12H,4-8H2,1H3. The second-order valence-electron chi connectivity index (χ2n) is 4.19. The lowest BCUT2D eigenvalue weighted by Gasteiger charge is -2.35. The molecule has 0 atom stereocenters. The molecule has 15 heavy (non-hydrogen) atoms. The van der Waals surface area contributed by atoms with E-state index in [1.165, 1.54) is 12.8 Å². The summed E-state index contributed by atoms with van der Waals surface area (Å²) >= 11 is 0. The highest BCUT2D eigenvalue weighted by molar-refractivity contribution is 4.81. The first-order valence-corrected chi connectivity index (χ1v) is 5.60. The molecular weight excluding hydrogens is 190 g/mol. The van der Waals surface area contributed by atoms with Gasteiger partial charge in [0.15, 0.2) is 0 Å². The zero-order valence-corrected chi connectivity index (χ0v) is 9.22. The van der Waals surface area contributed by atoms with E-state index in [0.29, 0.717) is 6.10 Å². The molecule has 1 N–H and O–H groups in total. The molecule has 1 aliphatic carbocycles. The summed E-state index contributed by atoms with van der Waals surface area (Å²) in [5.41, 5.74) is 0. The number of aromatic nitrogens is 2. The van der Waals surface area contributed by atoms with Crippen molar-refractivity contribution in [1.29, 1.82) is 0 Å². The summed E-state index contributed by atoms with van der Waals surface area (Å²) in [7, 11) is 2.01. The monoisotopic (exact) mass is 209 g/mol. The molecule has 4 heteroatoms. The molecule has 0 aliphatic heterocycles. The summed E-state index contributed by atoms with van der Waals surface area (Å²) in [4.78, 5) is 3.99. The second kappa shape index (κ2) is 5.28. The van der Waals surface area contributed by atoms with Gasteiger partial charge in [0.2, 0.25) is 0 Å². The molecule has 2 rings (SSSR count). The molecule has 0 amide bonds. The molecule has 0 radical (unpaired) electrons. The number of nitrogens with one attached hydrogen (secondary N) is 1. The lowest BCUT2D eigenvalue weighted by Crippen LogP contribution is -2.37. The third kappa shape index (κ3) is 3.04. The van der Waals surface area contributed by atoms with Gasteiger partial charge in [-0.05, 0) is 32.4 Å². The number of imidazole rings is 1. The molecule has 1 fully saturated rings. The molecule has 0 spiro atoms. The van der Waals surface area contributed by atoms with Crippen molar-refractivity contribution in [2.45, 2.75) is 25.5 Å². The van der Waals surface area contributed by atoms with E-state index in [2.05, 4.69) is 10.3 Å². The molecule has 4 nitrogen and oxygen atoms in total. The van der Waals surface area contributed by atoms with E-state index in [4.69, 9.17) is 4.74 Å². The fourth-order valence-corrected chi connectivity index (χ4v) is 2.01. The Hall–Kier alpha value is -0.870. The van der Waals surface area contributed by atoms with E-state index < -0.39 is 0 Å². The van der Waals surface area contributed by atoms with Crippen LogP contribution in [0, 0.1) is 5.92 Å². The Kier molecular flexibility index (Phi) is 3.75. The summed E-state index contributed by atoms with van der Waals surface area (Å²) in [6, 6.07) is 0. The summed E-state index contributed by atoms with van der Waals surface area (Å²) < 4.78 is 7.80. The Balaban J connectivity index is 1.53. The van der Waals surface area contributed by atoms with Gasteiger partial charge in [0.05, 0.1) is 19.0 Å². The van der Waals surface area contributed by atoms with Crippen LogP contribution < -0.4 is 5.32 Å². The number of rotatable bonds is 6. The number of nitrogens with zero attached hydrogens (tertiary/aromatic N) is 2. The van der Waals surface area contributed by atoms with Crippen molar-refractivity contribution < 1.29 is 4.74 Å². The summed E-state index contributed by atoms with van der Waals surface area (Å²) in [6.07, 6.45) is 8.51. The third-order valence-corrected chi connectivity index (χ3v) is 2.95. The topological polar surface area (TPSA) is 39.1 Å². The van der Waals surface area contributed by atoms with Crippen molar-refractivity contribution in [2.24, 2.45) is 5.92 Å². The van der Waals surface area contributed by atoms with Crippen LogP contribution in [0.2, 0.25) is 0 Å². The van der Waals surface area contributed by atoms with Crippen LogP contribution >= 0.6 is 0 Å². The van der Waals surface area contributed by atoms with Gasteiger partial charge in [-0.1, -0.05) is 0 Å². The average molecular weight is 209 g/mol. The van der Waals surface area contributed by atoms with E-state index >= 15 is 0 Å². The smallest absolute Gasteiger partial charge is 0.0946 e. The molecule has 0 aromatic carbocycles. The lowest BCUT2D eigenvalue weighted by molar-refractivity contribution is -0.0323. The van der Waals surface area contributed by atoms with Gasteiger partial charge in [0.25, 0.3) is 0 Å². The highest BCUT2D eigenvalue weighted by Gasteiger charge is 2.28. The first-order chi connectivity index (χ1) is 7.38. The third-order valence-electron chi connectivity index (χ3n) is 2.95. The molecule has 1 aromatic rings. The zero-order chi connectivity index (χ0) is 10.5. The maximum atomic E-state index is 5.75. The Labute approximate surface area is 90.6 Å². The minimum atomic E-state index is 0.492. The summed E-state index contributed by atoms with van der Waals surface area (Å²) in [5, 5.41) is 3.20. The summed E-state index contributed by atoms with van der Waals surface area (Å²) in [5.74, 6) is 0.827. The lowest BCUT2D eigenvalue weighted by atomic mass is 9.82. The van der Waals surface area contributed by atoms with Gasteiger partial charge >= 0.3 is 0 Å². The van der Waals surface area contributed by atoms with Gasteiger partial charge in [-0.15, -0.1) is 0 Å². The molecule has 0 unspecified atom stereocenters. The predicted octanol–water partition coefficient (Wildman–Crippen LogP) is 0.898. The fourth-order valence-electron chi connectivity index (χ4n) is 2.01. The van der Waals surface area contributed by atoms with Crippen LogP contribution in [-0.4, -0.2) is 35.9 Å². The summed E-state index contributed by atoms with van der Waals surface area (Å²) in [6.45, 7) is 2.84. The normalized spacial score (nSPS) is 25.1. The van der Waals surface area contributed by atoms with Gasteiger partial charge in [-0.2, -0.15) is 0 Å². The van der Waals surface area contributed by atoms with Crippen LogP contribution in [0.25, 0.3) is 0 Å². The van der Waals surface area contributed by atoms with E-state index in [9.17, 15) is 0 Å². The first-order valence-electron chi connectivity index (χ1n) is 5.60. The van der Waals surface area contributed by atoms with Gasteiger partial charge in [-0.3, -0.25) is 0 Å². The Morgan fingerprint density at radius 3 is 3.07 bits per heavy atom. The molecule has 0 bridgehead atoms. The highest BCUT2D eigenvalue weighted by Crippen LogP contribution is 2.29. The predicted molar refractivity (Wildman–Crippen MR) is 58.6 cm³/mol. The minimum Gasteiger partial charge on any atom is -0.376 e. The van der Waals surface area contributed by atoms with E-state index in [0.717, 1.165) is 25.6 Å². The maximum Gasteiger partial charge on any atom is 0.0946 e. The minimum absolute atomic E-state index is 0.492. The van der Waals surface area contributed by atoms with Crippen molar-refractivity contribution in [3.63, 3.8) is 0 Å². The van der Waals surface area contributed by atoms with E-state index in [1.807, 2.05) is 24.1 Å². The largest absolute Gasteiger partial charge is 0.376 e. The van der Waals surface area contributed by atoms with Gasteiger partial charge in [0.1, 0.15) is 0 Å². The Morgan fingerprint density at radius 1 is 1.53 bits per heavy atom. The van der Waals surface area contributed by atoms with Crippen molar-refractivity contribution >= 4 is 0 Å². The van der Waals surface area contributed by atoms with Gasteiger partial charge < -0.3 is 14.6 Å². The number of ether oxygens (including phenoxy) is 1. The van der Waals surface area contributed by atoms with E-state index in [1.54, 1.807) is 6.20 Å². The maximum absolute atomic E-state index is 5.75. The van der Waals surface area contributed by atoms with Crippen molar-refractivity contribution in [3.05, 3.63) is 18.7 Å². The molecule has 1 aromatic heterocycles. The van der Waals surface area contributed by atoms with Crippen molar-refractivity contribution in [2.75, 3.05) is 20.2 Å². The van der Waals surface area contributed by atoms with E-state index in [-0.39, 0.29) is 0 Å². The molecule has 0 saturated heterocycles. The zero-order valence-electron chi connectivity index (χ0n) is 9.22. The SMILES string of the molecule is CNCC1CC(OCCn2ccnc2)C1. The quantitative estimate of drug-likeness (QED) is 0.756. The van der Waals surface area contributed by atoms with Crippen LogP contribution in [0.1, 0.15) is 12.8 Å². The molecule has 1 aliphatic rings. The van der Waals surface area contributed by atoms with Crippen molar-refractivity contribution in [1.82, 2.24) is 14.9 Å². The fraction of sp³-hybridized carbons (Fsp3) is 0.727. The first kappa shape index (κ1) is 10.6.